The van der Waals surface area contributed by atoms with E-state index in [1.54, 1.807) is 13.0 Å². The zero-order valence-corrected chi connectivity index (χ0v) is 19.6. The zero-order valence-electron chi connectivity index (χ0n) is 17.2. The third kappa shape index (κ3) is 3.91. The Hall–Kier alpha value is -2.17. The second-order valence-electron chi connectivity index (χ2n) is 8.24. The SMILES string of the molecule is CCOC1CC(S(=O)(=O)c2ccc(Br)cc2C(F)(F)F)CC1(C(=O)O)C1CC1(C#N)C(N)=O. The summed E-state index contributed by atoms with van der Waals surface area (Å²) in [6, 6.07) is 4.35. The number of carbonyl (C=O) groups is 2. The molecule has 0 saturated heterocycles. The summed E-state index contributed by atoms with van der Waals surface area (Å²) in [5.74, 6) is -3.66. The number of alkyl halides is 3. The molecule has 8 nitrogen and oxygen atoms in total. The molecule has 2 fully saturated rings. The van der Waals surface area contributed by atoms with Gasteiger partial charge in [0.2, 0.25) is 5.91 Å². The maximum Gasteiger partial charge on any atom is 0.417 e. The van der Waals surface area contributed by atoms with Gasteiger partial charge in [-0.1, -0.05) is 15.9 Å². The number of nitriles is 1. The van der Waals surface area contributed by atoms with Crippen molar-refractivity contribution in [2.45, 2.75) is 48.6 Å². The smallest absolute Gasteiger partial charge is 0.417 e. The number of hydrogen-bond donors (Lipinski definition) is 2. The van der Waals surface area contributed by atoms with Crippen LogP contribution in [0.15, 0.2) is 27.6 Å². The minimum atomic E-state index is -4.98. The molecule has 180 valence electrons. The van der Waals surface area contributed by atoms with E-state index in [-0.39, 0.29) is 17.5 Å². The summed E-state index contributed by atoms with van der Waals surface area (Å²) >= 11 is 2.90. The second kappa shape index (κ2) is 8.25. The van der Waals surface area contributed by atoms with Crippen molar-refractivity contribution < 1.29 is 41.0 Å². The molecule has 33 heavy (non-hydrogen) atoms. The monoisotopic (exact) mass is 552 g/mol. The number of rotatable bonds is 7. The van der Waals surface area contributed by atoms with Crippen molar-refractivity contribution in [3.05, 3.63) is 28.2 Å². The number of benzene rings is 1. The Bertz CT molecular complexity index is 1150. The highest BCUT2D eigenvalue weighted by molar-refractivity contribution is 9.10. The third-order valence-corrected chi connectivity index (χ3v) is 9.30. The quantitative estimate of drug-likeness (QED) is 0.528. The molecule has 0 bridgehead atoms. The number of carbonyl (C=O) groups excluding carboxylic acids is 1. The van der Waals surface area contributed by atoms with Crippen LogP contribution in [0.25, 0.3) is 0 Å². The topological polar surface area (TPSA) is 148 Å². The maximum atomic E-state index is 13.6. The lowest BCUT2D eigenvalue weighted by Gasteiger charge is -2.32. The molecule has 13 heteroatoms. The summed E-state index contributed by atoms with van der Waals surface area (Å²) in [6.45, 7) is 1.53. The normalized spacial score (nSPS) is 31.7. The van der Waals surface area contributed by atoms with Gasteiger partial charge < -0.3 is 15.6 Å². The summed E-state index contributed by atoms with van der Waals surface area (Å²) in [6.07, 6.45) is -7.46. The van der Waals surface area contributed by atoms with Crippen molar-refractivity contribution in [1.82, 2.24) is 0 Å². The Morgan fingerprint density at radius 3 is 2.45 bits per heavy atom. The van der Waals surface area contributed by atoms with E-state index in [1.807, 2.05) is 0 Å². The van der Waals surface area contributed by atoms with Gasteiger partial charge in [-0.05, 0) is 44.4 Å². The Morgan fingerprint density at radius 2 is 2.00 bits per heavy atom. The van der Waals surface area contributed by atoms with Crippen LogP contribution >= 0.6 is 15.9 Å². The molecule has 0 radical (unpaired) electrons. The number of hydrogen-bond acceptors (Lipinski definition) is 6. The number of nitrogens with zero attached hydrogens (tertiary/aromatic N) is 1. The lowest BCUT2D eigenvalue weighted by molar-refractivity contribution is -0.160. The van der Waals surface area contributed by atoms with E-state index in [4.69, 9.17) is 10.5 Å². The summed E-state index contributed by atoms with van der Waals surface area (Å²) in [5, 5.41) is 18.1. The number of sulfone groups is 1. The van der Waals surface area contributed by atoms with Gasteiger partial charge in [-0.2, -0.15) is 18.4 Å². The van der Waals surface area contributed by atoms with Crippen molar-refractivity contribution in [3.8, 4) is 6.07 Å². The first kappa shape index (κ1) is 25.5. The average Bonchev–Trinajstić information content (AvgIpc) is 3.34. The molecule has 0 heterocycles. The Balaban J connectivity index is 2.12. The standard InChI is InChI=1S/C20H20BrF3N2O6S/c1-2-32-15-6-11(7-19(15,17(28)29)14-8-18(14,9-25)16(26)27)33(30,31)13-4-3-10(21)5-12(13)20(22,23)24/h3-5,11,14-15H,2,6-8H2,1H3,(H2,26,27)(H,28,29). The second-order valence-corrected chi connectivity index (χ2v) is 11.4. The minimum Gasteiger partial charge on any atom is -0.481 e. The highest BCUT2D eigenvalue weighted by Gasteiger charge is 2.75. The summed E-state index contributed by atoms with van der Waals surface area (Å²) in [7, 11) is -4.68. The third-order valence-electron chi connectivity index (χ3n) is 6.60. The van der Waals surface area contributed by atoms with Gasteiger partial charge in [0.05, 0.1) is 27.9 Å². The molecule has 2 saturated carbocycles. The summed E-state index contributed by atoms with van der Waals surface area (Å²) in [5.41, 5.74) is 0.164. The zero-order chi connectivity index (χ0) is 25.0. The number of ether oxygens (including phenoxy) is 1. The van der Waals surface area contributed by atoms with E-state index in [0.29, 0.717) is 6.07 Å². The van der Waals surface area contributed by atoms with Crippen LogP contribution in [0, 0.1) is 28.1 Å². The summed E-state index contributed by atoms with van der Waals surface area (Å²) in [4.78, 5) is 23.4. The van der Waals surface area contributed by atoms with Crippen LogP contribution in [0.1, 0.15) is 31.7 Å². The van der Waals surface area contributed by atoms with Crippen molar-refractivity contribution in [2.24, 2.45) is 22.5 Å². The molecule has 3 rings (SSSR count). The van der Waals surface area contributed by atoms with Crippen LogP contribution in [-0.2, 0) is 30.3 Å². The van der Waals surface area contributed by atoms with Gasteiger partial charge in [0, 0.05) is 17.0 Å². The molecule has 0 spiro atoms. The van der Waals surface area contributed by atoms with Gasteiger partial charge in [-0.15, -0.1) is 0 Å². The van der Waals surface area contributed by atoms with Crippen molar-refractivity contribution >= 4 is 37.6 Å². The van der Waals surface area contributed by atoms with Gasteiger partial charge in [0.25, 0.3) is 0 Å². The van der Waals surface area contributed by atoms with Crippen LogP contribution in [0.2, 0.25) is 0 Å². The maximum absolute atomic E-state index is 13.6. The van der Waals surface area contributed by atoms with Gasteiger partial charge in [0.15, 0.2) is 9.84 Å². The van der Waals surface area contributed by atoms with E-state index in [0.717, 1.165) is 12.1 Å². The highest BCUT2D eigenvalue weighted by atomic mass is 79.9. The van der Waals surface area contributed by atoms with Crippen LogP contribution < -0.4 is 5.73 Å². The molecule has 3 N–H and O–H groups in total. The molecule has 0 aromatic heterocycles. The molecular weight excluding hydrogens is 533 g/mol. The van der Waals surface area contributed by atoms with Gasteiger partial charge >= 0.3 is 12.1 Å². The van der Waals surface area contributed by atoms with Crippen molar-refractivity contribution in [1.29, 1.82) is 5.26 Å². The largest absolute Gasteiger partial charge is 0.481 e. The van der Waals surface area contributed by atoms with E-state index in [9.17, 15) is 41.5 Å². The van der Waals surface area contributed by atoms with Crippen molar-refractivity contribution in [2.75, 3.05) is 6.61 Å². The van der Waals surface area contributed by atoms with E-state index < -0.39 is 79.3 Å². The van der Waals surface area contributed by atoms with E-state index in [1.165, 1.54) is 0 Å². The Morgan fingerprint density at radius 1 is 1.36 bits per heavy atom. The molecule has 5 unspecified atom stereocenters. The molecule has 1 aromatic rings. The first-order valence-electron chi connectivity index (χ1n) is 9.85. The molecule has 2 aliphatic carbocycles. The number of carboxylic acids is 1. The summed E-state index contributed by atoms with van der Waals surface area (Å²) < 4.78 is 73.1. The molecular formula is C20H20BrF3N2O6S. The molecule has 2 aliphatic rings. The number of halogens is 4. The Labute approximate surface area is 195 Å². The van der Waals surface area contributed by atoms with Gasteiger partial charge in [0.1, 0.15) is 10.8 Å². The number of amides is 1. The fourth-order valence-corrected chi connectivity index (χ4v) is 7.31. The molecule has 5 atom stereocenters. The van der Waals surface area contributed by atoms with Crippen LogP contribution in [0.3, 0.4) is 0 Å². The van der Waals surface area contributed by atoms with Gasteiger partial charge in [-0.25, -0.2) is 8.42 Å². The first-order valence-corrected chi connectivity index (χ1v) is 12.2. The minimum absolute atomic E-state index is 0.0125. The van der Waals surface area contributed by atoms with E-state index >= 15 is 0 Å². The highest BCUT2D eigenvalue weighted by Crippen LogP contribution is 2.66. The molecule has 1 aromatic carbocycles. The predicted octanol–water partition coefficient (Wildman–Crippen LogP) is 2.90. The lowest BCUT2D eigenvalue weighted by atomic mass is 9.75. The fourth-order valence-electron chi connectivity index (χ4n) is 4.92. The number of aliphatic carboxylic acids is 1. The Kier molecular flexibility index (Phi) is 6.36. The van der Waals surface area contributed by atoms with Crippen LogP contribution in [0.4, 0.5) is 13.2 Å². The van der Waals surface area contributed by atoms with Crippen molar-refractivity contribution in [3.63, 3.8) is 0 Å². The van der Waals surface area contributed by atoms with Crippen LogP contribution in [-0.4, -0.2) is 43.4 Å². The van der Waals surface area contributed by atoms with Gasteiger partial charge in [-0.3, -0.25) is 9.59 Å². The predicted molar refractivity (Wildman–Crippen MR) is 110 cm³/mol. The first-order chi connectivity index (χ1) is 15.2. The average molecular weight is 553 g/mol. The lowest BCUT2D eigenvalue weighted by Crippen LogP contribution is -2.45. The van der Waals surface area contributed by atoms with E-state index in [2.05, 4.69) is 15.9 Å². The number of nitrogens with two attached hydrogens (primary N) is 1. The fraction of sp³-hybridized carbons (Fsp3) is 0.550. The van der Waals surface area contributed by atoms with Crippen LogP contribution in [0.5, 0.6) is 0 Å². The molecule has 0 aliphatic heterocycles. The molecule has 1 amide bonds. The number of carboxylic acid groups (broad SMARTS) is 1. The number of primary amides is 1.